The molecule has 0 saturated heterocycles. The van der Waals surface area contributed by atoms with E-state index in [0.29, 0.717) is 0 Å². The molecular formula is C14H12Cl. The number of halogens is 1. The van der Waals surface area contributed by atoms with Crippen molar-refractivity contribution in [3.05, 3.63) is 58.6 Å². The summed E-state index contributed by atoms with van der Waals surface area (Å²) in [6.45, 7) is 4.24. The maximum atomic E-state index is 5.97. The molecule has 0 aliphatic heterocycles. The Balaban J connectivity index is 2.59. The van der Waals surface area contributed by atoms with E-state index < -0.39 is 0 Å². The van der Waals surface area contributed by atoms with Gasteiger partial charge in [-0.05, 0) is 54.3 Å². The lowest BCUT2D eigenvalue weighted by Gasteiger charge is -2.08. The summed E-state index contributed by atoms with van der Waals surface area (Å²) in [6, 6.07) is 15.1. The van der Waals surface area contributed by atoms with Crippen LogP contribution in [0.5, 0.6) is 0 Å². The van der Waals surface area contributed by atoms with Gasteiger partial charge in [-0.15, -0.1) is 0 Å². The van der Waals surface area contributed by atoms with Crippen molar-refractivity contribution in [3.63, 3.8) is 0 Å². The molecule has 0 nitrogen and oxygen atoms in total. The molecule has 0 atom stereocenters. The van der Waals surface area contributed by atoms with Crippen LogP contribution >= 0.6 is 11.6 Å². The molecule has 1 radical (unpaired) electrons. The fourth-order valence-corrected chi connectivity index (χ4v) is 1.81. The van der Waals surface area contributed by atoms with Gasteiger partial charge in [0.2, 0.25) is 0 Å². The van der Waals surface area contributed by atoms with Crippen molar-refractivity contribution < 1.29 is 0 Å². The molecule has 2 aromatic rings. The smallest absolute Gasteiger partial charge is 0.0412 e. The largest absolute Gasteiger partial charge is 0.0843 e. The van der Waals surface area contributed by atoms with Crippen molar-refractivity contribution >= 4 is 11.6 Å². The van der Waals surface area contributed by atoms with E-state index in [4.69, 9.17) is 11.6 Å². The van der Waals surface area contributed by atoms with Gasteiger partial charge in [-0.1, -0.05) is 35.9 Å². The van der Waals surface area contributed by atoms with Gasteiger partial charge < -0.3 is 0 Å². The highest BCUT2D eigenvalue weighted by molar-refractivity contribution is 6.30. The molecule has 0 amide bonds. The third-order valence-corrected chi connectivity index (χ3v) is 2.89. The van der Waals surface area contributed by atoms with Gasteiger partial charge in [-0.2, -0.15) is 0 Å². The fourth-order valence-electron chi connectivity index (χ4n) is 1.64. The second kappa shape index (κ2) is 4.08. The Morgan fingerprint density at radius 1 is 1.13 bits per heavy atom. The molecule has 0 aliphatic carbocycles. The SMILES string of the molecule is Cc1cccc(-c2[c]ccc(Cl)c2)c1C. The third-order valence-electron chi connectivity index (χ3n) is 2.66. The Labute approximate surface area is 95.5 Å². The first kappa shape index (κ1) is 10.3. The van der Waals surface area contributed by atoms with E-state index in [9.17, 15) is 0 Å². The average Bonchev–Trinajstić information content (AvgIpc) is 2.22. The lowest BCUT2D eigenvalue weighted by atomic mass is 9.97. The molecule has 0 spiro atoms. The summed E-state index contributed by atoms with van der Waals surface area (Å²) in [4.78, 5) is 0. The molecule has 0 saturated carbocycles. The molecule has 0 unspecified atom stereocenters. The highest BCUT2D eigenvalue weighted by Crippen LogP contribution is 2.26. The summed E-state index contributed by atoms with van der Waals surface area (Å²) < 4.78 is 0. The molecule has 15 heavy (non-hydrogen) atoms. The third kappa shape index (κ3) is 2.05. The topological polar surface area (TPSA) is 0 Å². The zero-order valence-corrected chi connectivity index (χ0v) is 9.60. The number of aryl methyl sites for hydroxylation is 1. The molecule has 2 rings (SSSR count). The summed E-state index contributed by atoms with van der Waals surface area (Å²) in [5.74, 6) is 0. The van der Waals surface area contributed by atoms with Crippen LogP contribution in [0.1, 0.15) is 11.1 Å². The quantitative estimate of drug-likeness (QED) is 0.661. The Hall–Kier alpha value is -1.27. The molecule has 0 aromatic heterocycles. The molecule has 0 fully saturated rings. The van der Waals surface area contributed by atoms with Gasteiger partial charge in [0.25, 0.3) is 0 Å². The predicted octanol–water partition coefficient (Wildman–Crippen LogP) is 4.42. The summed E-state index contributed by atoms with van der Waals surface area (Å²) >= 11 is 5.97. The summed E-state index contributed by atoms with van der Waals surface area (Å²) in [7, 11) is 0. The standard InChI is InChI=1S/C14H12Cl/c1-10-5-3-8-14(11(10)2)12-6-4-7-13(15)9-12/h3-5,7-9H,1-2H3. The second-order valence-electron chi connectivity index (χ2n) is 3.67. The monoisotopic (exact) mass is 215 g/mol. The minimum Gasteiger partial charge on any atom is -0.0843 e. The summed E-state index contributed by atoms with van der Waals surface area (Å²) in [5, 5.41) is 0.754. The molecular weight excluding hydrogens is 204 g/mol. The van der Waals surface area contributed by atoms with E-state index in [1.807, 2.05) is 18.2 Å². The fraction of sp³-hybridized carbons (Fsp3) is 0.143. The van der Waals surface area contributed by atoms with E-state index in [0.717, 1.165) is 10.6 Å². The van der Waals surface area contributed by atoms with E-state index >= 15 is 0 Å². The van der Waals surface area contributed by atoms with Gasteiger partial charge in [0, 0.05) is 5.02 Å². The van der Waals surface area contributed by atoms with Crippen molar-refractivity contribution in [3.8, 4) is 11.1 Å². The lowest BCUT2D eigenvalue weighted by Crippen LogP contribution is -1.86. The Morgan fingerprint density at radius 3 is 2.67 bits per heavy atom. The summed E-state index contributed by atoms with van der Waals surface area (Å²) in [5.41, 5.74) is 4.85. The van der Waals surface area contributed by atoms with Crippen LogP contribution in [0.3, 0.4) is 0 Å². The second-order valence-corrected chi connectivity index (χ2v) is 4.10. The maximum Gasteiger partial charge on any atom is 0.0412 e. The molecule has 75 valence electrons. The zero-order chi connectivity index (χ0) is 10.8. The van der Waals surface area contributed by atoms with Crippen molar-refractivity contribution in [2.75, 3.05) is 0 Å². The summed E-state index contributed by atoms with van der Waals surface area (Å²) in [6.07, 6.45) is 0. The predicted molar refractivity (Wildman–Crippen MR) is 65.2 cm³/mol. The lowest BCUT2D eigenvalue weighted by molar-refractivity contribution is 1.34. The maximum absolute atomic E-state index is 5.97. The number of hydrogen-bond acceptors (Lipinski definition) is 0. The van der Waals surface area contributed by atoms with E-state index in [2.05, 4.69) is 38.1 Å². The molecule has 1 heteroatoms. The molecule has 0 bridgehead atoms. The number of rotatable bonds is 1. The van der Waals surface area contributed by atoms with Crippen LogP contribution in [0.25, 0.3) is 11.1 Å². The van der Waals surface area contributed by atoms with Crippen molar-refractivity contribution in [1.82, 2.24) is 0 Å². The van der Waals surface area contributed by atoms with Crippen molar-refractivity contribution in [1.29, 1.82) is 0 Å². The minimum atomic E-state index is 0.754. The molecule has 0 aliphatic rings. The Bertz CT molecular complexity index is 486. The first-order chi connectivity index (χ1) is 7.18. The van der Waals surface area contributed by atoms with Crippen molar-refractivity contribution in [2.24, 2.45) is 0 Å². The van der Waals surface area contributed by atoms with Crippen LogP contribution in [-0.2, 0) is 0 Å². The normalized spacial score (nSPS) is 10.3. The van der Waals surface area contributed by atoms with Crippen LogP contribution in [0, 0.1) is 19.9 Å². The Kier molecular flexibility index (Phi) is 2.79. The van der Waals surface area contributed by atoms with Crippen LogP contribution in [-0.4, -0.2) is 0 Å². The highest BCUT2D eigenvalue weighted by Gasteiger charge is 2.03. The minimum absolute atomic E-state index is 0.754. The van der Waals surface area contributed by atoms with Crippen molar-refractivity contribution in [2.45, 2.75) is 13.8 Å². The van der Waals surface area contributed by atoms with E-state index in [1.165, 1.54) is 16.7 Å². The molecule has 0 heterocycles. The highest BCUT2D eigenvalue weighted by atomic mass is 35.5. The van der Waals surface area contributed by atoms with Crippen LogP contribution < -0.4 is 0 Å². The number of benzene rings is 2. The van der Waals surface area contributed by atoms with E-state index in [-0.39, 0.29) is 0 Å². The Morgan fingerprint density at radius 2 is 1.93 bits per heavy atom. The van der Waals surface area contributed by atoms with Crippen LogP contribution in [0.4, 0.5) is 0 Å². The van der Waals surface area contributed by atoms with Crippen LogP contribution in [0.2, 0.25) is 5.02 Å². The van der Waals surface area contributed by atoms with Crippen LogP contribution in [0.15, 0.2) is 36.4 Å². The first-order valence-corrected chi connectivity index (χ1v) is 5.30. The number of hydrogen-bond donors (Lipinski definition) is 0. The molecule has 2 aromatic carbocycles. The average molecular weight is 216 g/mol. The van der Waals surface area contributed by atoms with Gasteiger partial charge in [0.15, 0.2) is 0 Å². The van der Waals surface area contributed by atoms with Gasteiger partial charge in [-0.25, -0.2) is 0 Å². The first-order valence-electron chi connectivity index (χ1n) is 4.92. The van der Waals surface area contributed by atoms with Gasteiger partial charge in [-0.3, -0.25) is 0 Å². The van der Waals surface area contributed by atoms with Gasteiger partial charge >= 0.3 is 0 Å². The van der Waals surface area contributed by atoms with Gasteiger partial charge in [0.05, 0.1) is 0 Å². The van der Waals surface area contributed by atoms with E-state index in [1.54, 1.807) is 0 Å². The molecule has 0 N–H and O–H groups in total. The zero-order valence-electron chi connectivity index (χ0n) is 8.84. The van der Waals surface area contributed by atoms with Gasteiger partial charge in [0.1, 0.15) is 0 Å².